The first-order chi connectivity index (χ1) is 18.3. The Labute approximate surface area is 223 Å². The molecule has 3 N–H and O–H groups in total. The van der Waals surface area contributed by atoms with Gasteiger partial charge in [-0.3, -0.25) is 9.59 Å². The number of methoxy groups -OCH3 is 1. The number of nitrogens with zero attached hydrogens (tertiary/aromatic N) is 2. The quantitative estimate of drug-likeness (QED) is 0.392. The fraction of sp³-hybridized carbons (Fsp3) is 0.517. The Morgan fingerprint density at radius 1 is 1.11 bits per heavy atom. The monoisotopic (exact) mass is 519 g/mol. The number of H-pyrrole nitrogens is 1. The number of fused-ring (bicyclic) bond motifs is 1. The molecular weight excluding hydrogens is 482 g/mol. The van der Waals surface area contributed by atoms with Crippen molar-refractivity contribution in [3.8, 4) is 17.0 Å². The second kappa shape index (κ2) is 11.1. The summed E-state index contributed by atoms with van der Waals surface area (Å²) in [6, 6.07) is 6.23. The SMILES string of the molecule is COCC(=O)N[C@@H]1CC[C@@H](NC(=O)c2c(C)[nH]c3c(-c4cc(C)ccc4OCC4CC4)ncnc23)C[C@H]1C. The van der Waals surface area contributed by atoms with Crippen molar-refractivity contribution in [2.45, 2.75) is 65.0 Å². The summed E-state index contributed by atoms with van der Waals surface area (Å²) in [6.45, 7) is 6.82. The highest BCUT2D eigenvalue weighted by atomic mass is 16.5. The third-order valence-corrected chi connectivity index (χ3v) is 7.69. The number of aromatic nitrogens is 3. The van der Waals surface area contributed by atoms with Gasteiger partial charge in [0.1, 0.15) is 29.9 Å². The summed E-state index contributed by atoms with van der Waals surface area (Å²) in [5, 5.41) is 6.27. The van der Waals surface area contributed by atoms with Crippen LogP contribution in [0.4, 0.5) is 0 Å². The zero-order chi connectivity index (χ0) is 26.8. The maximum absolute atomic E-state index is 13.5. The van der Waals surface area contributed by atoms with Crippen molar-refractivity contribution in [1.29, 1.82) is 0 Å². The van der Waals surface area contributed by atoms with Crippen molar-refractivity contribution in [3.63, 3.8) is 0 Å². The molecule has 3 atom stereocenters. The van der Waals surface area contributed by atoms with E-state index in [1.807, 2.05) is 26.0 Å². The first-order valence-electron chi connectivity index (χ1n) is 13.5. The Kier molecular flexibility index (Phi) is 7.65. The maximum Gasteiger partial charge on any atom is 0.255 e. The van der Waals surface area contributed by atoms with Crippen LogP contribution in [0.15, 0.2) is 24.5 Å². The van der Waals surface area contributed by atoms with Crippen LogP contribution in [0.5, 0.6) is 5.75 Å². The molecule has 202 valence electrons. The number of hydrogen-bond acceptors (Lipinski definition) is 6. The Bertz CT molecular complexity index is 1330. The summed E-state index contributed by atoms with van der Waals surface area (Å²) in [5.74, 6) is 1.42. The van der Waals surface area contributed by atoms with Crippen LogP contribution < -0.4 is 15.4 Å². The number of benzene rings is 1. The van der Waals surface area contributed by atoms with E-state index in [0.29, 0.717) is 23.6 Å². The molecule has 2 aromatic heterocycles. The highest BCUT2D eigenvalue weighted by Gasteiger charge is 2.31. The Morgan fingerprint density at radius 2 is 1.92 bits per heavy atom. The van der Waals surface area contributed by atoms with Crippen molar-refractivity contribution in [1.82, 2.24) is 25.6 Å². The molecule has 9 heteroatoms. The van der Waals surface area contributed by atoms with Gasteiger partial charge in [0.25, 0.3) is 5.91 Å². The van der Waals surface area contributed by atoms with Gasteiger partial charge in [0.05, 0.1) is 17.7 Å². The van der Waals surface area contributed by atoms with Gasteiger partial charge in [0.15, 0.2) is 0 Å². The number of rotatable bonds is 9. The van der Waals surface area contributed by atoms with Crippen molar-refractivity contribution < 1.29 is 19.1 Å². The van der Waals surface area contributed by atoms with E-state index in [-0.39, 0.29) is 36.4 Å². The van der Waals surface area contributed by atoms with Gasteiger partial charge in [-0.1, -0.05) is 18.6 Å². The maximum atomic E-state index is 13.5. The normalized spacial score (nSPS) is 21.3. The van der Waals surface area contributed by atoms with Gasteiger partial charge in [-0.25, -0.2) is 9.97 Å². The van der Waals surface area contributed by atoms with E-state index in [0.717, 1.165) is 53.0 Å². The summed E-state index contributed by atoms with van der Waals surface area (Å²) in [6.07, 6.45) is 6.34. The standard InChI is InChI=1S/C29H37N5O4/c1-16-5-10-23(38-13-19-6-7-19)21(11-16)26-28-27(31-15-30-26)25(18(3)32-28)29(36)33-20-8-9-22(17(2)12-20)34-24(35)14-37-4/h5,10-11,15,17,19-20,22,32H,6-9,12-14H2,1-4H3,(H,33,36)(H,34,35)/t17-,20-,22-/m1/s1. The van der Waals surface area contributed by atoms with E-state index in [9.17, 15) is 9.59 Å². The van der Waals surface area contributed by atoms with Crippen LogP contribution in [0.25, 0.3) is 22.3 Å². The molecule has 5 rings (SSSR count). The smallest absolute Gasteiger partial charge is 0.255 e. The lowest BCUT2D eigenvalue weighted by Crippen LogP contribution is -2.48. The summed E-state index contributed by atoms with van der Waals surface area (Å²) in [5.41, 5.74) is 5.36. The van der Waals surface area contributed by atoms with Crippen molar-refractivity contribution in [3.05, 3.63) is 41.3 Å². The molecule has 0 saturated heterocycles. The lowest BCUT2D eigenvalue weighted by Gasteiger charge is -2.35. The number of aromatic amines is 1. The van der Waals surface area contributed by atoms with Gasteiger partial charge >= 0.3 is 0 Å². The minimum Gasteiger partial charge on any atom is -0.493 e. The van der Waals surface area contributed by atoms with Crippen molar-refractivity contribution >= 4 is 22.8 Å². The van der Waals surface area contributed by atoms with Crippen molar-refractivity contribution in [2.75, 3.05) is 20.3 Å². The molecule has 2 aliphatic carbocycles. The summed E-state index contributed by atoms with van der Waals surface area (Å²) in [4.78, 5) is 38.0. The van der Waals surface area contributed by atoms with E-state index in [4.69, 9.17) is 9.47 Å². The number of carbonyl (C=O) groups excluding carboxylic acids is 2. The van der Waals surface area contributed by atoms with Gasteiger partial charge in [-0.2, -0.15) is 0 Å². The second-order valence-electron chi connectivity index (χ2n) is 10.9. The fourth-order valence-electron chi connectivity index (χ4n) is 5.43. The topological polar surface area (TPSA) is 118 Å². The van der Waals surface area contributed by atoms with E-state index in [2.05, 4.69) is 38.6 Å². The van der Waals surface area contributed by atoms with Gasteiger partial charge in [0, 0.05) is 30.5 Å². The number of aryl methyl sites for hydroxylation is 2. The summed E-state index contributed by atoms with van der Waals surface area (Å²) < 4.78 is 11.1. The van der Waals surface area contributed by atoms with Crippen LogP contribution in [0, 0.1) is 25.7 Å². The lowest BCUT2D eigenvalue weighted by molar-refractivity contribution is -0.126. The van der Waals surface area contributed by atoms with Crippen LogP contribution in [0.1, 0.15) is 60.6 Å². The molecule has 0 unspecified atom stereocenters. The molecule has 2 amide bonds. The lowest BCUT2D eigenvalue weighted by atomic mass is 9.82. The molecule has 1 aromatic carbocycles. The van der Waals surface area contributed by atoms with Crippen LogP contribution in [0.3, 0.4) is 0 Å². The molecule has 9 nitrogen and oxygen atoms in total. The Balaban J connectivity index is 1.35. The minimum atomic E-state index is -0.146. The molecule has 2 fully saturated rings. The summed E-state index contributed by atoms with van der Waals surface area (Å²) >= 11 is 0. The third kappa shape index (κ3) is 5.67. The molecular formula is C29H37N5O4. The van der Waals surface area contributed by atoms with E-state index < -0.39 is 0 Å². The second-order valence-corrected chi connectivity index (χ2v) is 10.9. The van der Waals surface area contributed by atoms with E-state index in [1.54, 1.807) is 0 Å². The first kappa shape index (κ1) is 26.2. The van der Waals surface area contributed by atoms with E-state index in [1.165, 1.54) is 26.3 Å². The highest BCUT2D eigenvalue weighted by Crippen LogP contribution is 2.37. The van der Waals surface area contributed by atoms with E-state index >= 15 is 0 Å². The summed E-state index contributed by atoms with van der Waals surface area (Å²) in [7, 11) is 1.51. The zero-order valence-electron chi connectivity index (χ0n) is 22.6. The molecule has 2 heterocycles. The molecule has 0 aliphatic heterocycles. The van der Waals surface area contributed by atoms with Crippen LogP contribution in [0.2, 0.25) is 0 Å². The third-order valence-electron chi connectivity index (χ3n) is 7.69. The van der Waals surface area contributed by atoms with Crippen LogP contribution >= 0.6 is 0 Å². The van der Waals surface area contributed by atoms with Crippen LogP contribution in [-0.2, 0) is 9.53 Å². The number of carbonyl (C=O) groups is 2. The molecule has 0 radical (unpaired) electrons. The number of nitrogens with one attached hydrogen (secondary N) is 3. The van der Waals surface area contributed by atoms with Crippen LogP contribution in [-0.4, -0.2) is 59.2 Å². The van der Waals surface area contributed by atoms with Gasteiger partial charge in [-0.15, -0.1) is 0 Å². The molecule has 2 saturated carbocycles. The molecule has 0 spiro atoms. The van der Waals surface area contributed by atoms with Crippen molar-refractivity contribution in [2.24, 2.45) is 11.8 Å². The minimum absolute atomic E-state index is 0.0259. The molecule has 2 aliphatic rings. The first-order valence-corrected chi connectivity index (χ1v) is 13.5. The molecule has 0 bridgehead atoms. The number of hydrogen-bond donors (Lipinski definition) is 3. The highest BCUT2D eigenvalue weighted by molar-refractivity contribution is 6.09. The average molecular weight is 520 g/mol. The number of ether oxygens (including phenoxy) is 2. The fourth-order valence-corrected chi connectivity index (χ4v) is 5.43. The predicted molar refractivity (Wildman–Crippen MR) is 145 cm³/mol. The van der Waals surface area contributed by atoms with Gasteiger partial charge in [-0.05, 0) is 69.9 Å². The Hall–Kier alpha value is -3.46. The molecule has 38 heavy (non-hydrogen) atoms. The average Bonchev–Trinajstić information content (AvgIpc) is 3.64. The zero-order valence-corrected chi connectivity index (χ0v) is 22.6. The van der Waals surface area contributed by atoms with Gasteiger partial charge < -0.3 is 25.1 Å². The molecule has 3 aromatic rings. The van der Waals surface area contributed by atoms with Gasteiger partial charge in [0.2, 0.25) is 5.91 Å². The number of amides is 2. The Morgan fingerprint density at radius 3 is 2.66 bits per heavy atom. The predicted octanol–water partition coefficient (Wildman–Crippen LogP) is 4.08. The largest absolute Gasteiger partial charge is 0.493 e.